The monoisotopic (exact) mass is 358 g/mol. The van der Waals surface area contributed by atoms with Crippen LogP contribution < -0.4 is 4.90 Å². The quantitative estimate of drug-likeness (QED) is 0.757. The van der Waals surface area contributed by atoms with E-state index in [1.165, 1.54) is 12.6 Å². The number of anilines is 1. The van der Waals surface area contributed by atoms with Crippen molar-refractivity contribution in [1.82, 2.24) is 19.6 Å². The van der Waals surface area contributed by atoms with Gasteiger partial charge in [-0.2, -0.15) is 14.6 Å². The van der Waals surface area contributed by atoms with Crippen molar-refractivity contribution in [2.24, 2.45) is 0 Å². The van der Waals surface area contributed by atoms with Gasteiger partial charge in [0.05, 0.1) is 9.73 Å². The Labute approximate surface area is 147 Å². The Kier molecular flexibility index (Phi) is 4.47. The van der Waals surface area contributed by atoms with Gasteiger partial charge in [-0.15, -0.1) is 0 Å². The Morgan fingerprint density at radius 2 is 1.96 bits per heavy atom. The number of rotatable bonds is 5. The Hall–Kier alpha value is -2.48. The van der Waals surface area contributed by atoms with E-state index in [0.29, 0.717) is 17.1 Å². The van der Waals surface area contributed by atoms with Crippen molar-refractivity contribution in [2.75, 3.05) is 24.7 Å². The lowest BCUT2D eigenvalue weighted by Crippen LogP contribution is -2.23. The highest BCUT2D eigenvalue weighted by molar-refractivity contribution is 7.91. The zero-order valence-corrected chi connectivity index (χ0v) is 15.7. The molecule has 0 fully saturated rings. The molecule has 0 aliphatic heterocycles. The van der Waals surface area contributed by atoms with E-state index in [4.69, 9.17) is 4.78 Å². The molecular weight excluding hydrogens is 336 g/mol. The van der Waals surface area contributed by atoms with Gasteiger partial charge in [-0.05, 0) is 31.5 Å². The first-order valence-corrected chi connectivity index (χ1v) is 10.0. The summed E-state index contributed by atoms with van der Waals surface area (Å²) in [4.78, 5) is 11.4. The van der Waals surface area contributed by atoms with E-state index in [1.54, 1.807) is 16.6 Å². The molecule has 0 amide bonds. The Morgan fingerprint density at radius 1 is 1.28 bits per heavy atom. The minimum atomic E-state index is -2.69. The summed E-state index contributed by atoms with van der Waals surface area (Å²) in [5.74, 6) is 1.57. The lowest BCUT2D eigenvalue weighted by molar-refractivity contribution is 0.679. The molecule has 0 saturated carbocycles. The van der Waals surface area contributed by atoms with Gasteiger partial charge in [0.15, 0.2) is 0 Å². The second-order valence-corrected chi connectivity index (χ2v) is 8.31. The molecule has 0 radical (unpaired) electrons. The molecule has 8 heteroatoms. The molecule has 1 unspecified atom stereocenters. The molecule has 2 aromatic heterocycles. The van der Waals surface area contributed by atoms with Gasteiger partial charge in [-0.25, -0.2) is 14.0 Å². The third-order valence-corrected chi connectivity index (χ3v) is 5.47. The highest BCUT2D eigenvalue weighted by Crippen LogP contribution is 2.25. The van der Waals surface area contributed by atoms with Crippen molar-refractivity contribution in [3.05, 3.63) is 47.4 Å². The van der Waals surface area contributed by atoms with Crippen LogP contribution in [-0.4, -0.2) is 43.6 Å². The summed E-state index contributed by atoms with van der Waals surface area (Å²) in [7, 11) is -0.668. The van der Waals surface area contributed by atoms with Gasteiger partial charge in [0, 0.05) is 42.4 Å². The van der Waals surface area contributed by atoms with E-state index in [2.05, 4.69) is 26.9 Å². The van der Waals surface area contributed by atoms with Gasteiger partial charge in [0.25, 0.3) is 5.78 Å². The molecule has 3 aromatic rings. The molecule has 0 aliphatic carbocycles. The van der Waals surface area contributed by atoms with Gasteiger partial charge in [-0.3, -0.25) is 0 Å². The van der Waals surface area contributed by atoms with Gasteiger partial charge in [0.2, 0.25) is 0 Å². The van der Waals surface area contributed by atoms with Crippen LogP contribution in [0, 0.1) is 11.7 Å². The van der Waals surface area contributed by atoms with Crippen molar-refractivity contribution in [2.45, 2.75) is 25.2 Å². The van der Waals surface area contributed by atoms with Crippen LogP contribution in [0.15, 0.2) is 35.5 Å². The van der Waals surface area contributed by atoms with Crippen molar-refractivity contribution >= 4 is 21.3 Å². The molecule has 132 valence electrons. The maximum Gasteiger partial charge on any atom is 0.254 e. The largest absolute Gasteiger partial charge is 0.359 e. The second-order valence-electron chi connectivity index (χ2n) is 6.15. The first-order chi connectivity index (χ1) is 11.8. The Balaban J connectivity index is 2.07. The highest BCUT2D eigenvalue weighted by atomic mass is 32.2. The summed E-state index contributed by atoms with van der Waals surface area (Å²) < 4.78 is 21.3. The molecule has 3 rings (SSSR count). The molecule has 0 aliphatic rings. The third-order valence-electron chi connectivity index (χ3n) is 4.29. The lowest BCUT2D eigenvalue weighted by atomic mass is 10.0. The molecule has 1 atom stereocenters. The minimum absolute atomic E-state index is 0.545. The zero-order valence-electron chi connectivity index (χ0n) is 14.9. The topological polar surface area (TPSA) is 87.2 Å². The van der Waals surface area contributed by atoms with Crippen LogP contribution in [-0.2, 0) is 16.1 Å². The van der Waals surface area contributed by atoms with Crippen molar-refractivity contribution < 1.29 is 4.21 Å². The van der Waals surface area contributed by atoms with Crippen molar-refractivity contribution in [3.63, 3.8) is 0 Å². The highest BCUT2D eigenvalue weighted by Gasteiger charge is 2.17. The minimum Gasteiger partial charge on any atom is -0.359 e. The summed E-state index contributed by atoms with van der Waals surface area (Å²) in [6, 6.07) is 7.39. The Morgan fingerprint density at radius 3 is 2.56 bits per heavy atom. The van der Waals surface area contributed by atoms with E-state index in [-0.39, 0.29) is 0 Å². The molecule has 0 saturated heterocycles. The molecular formula is C17H22N6OS. The number of aromatic nitrogens is 4. The van der Waals surface area contributed by atoms with Crippen LogP contribution in [0.25, 0.3) is 5.78 Å². The van der Waals surface area contributed by atoms with Crippen LogP contribution in [0.5, 0.6) is 0 Å². The smallest absolute Gasteiger partial charge is 0.254 e. The first kappa shape index (κ1) is 17.3. The van der Waals surface area contributed by atoms with E-state index < -0.39 is 9.73 Å². The van der Waals surface area contributed by atoms with E-state index in [0.717, 1.165) is 29.2 Å². The number of nitrogens with zero attached hydrogens (tertiary/aromatic N) is 5. The summed E-state index contributed by atoms with van der Waals surface area (Å²) >= 11 is 0. The average molecular weight is 358 g/mol. The van der Waals surface area contributed by atoms with Crippen LogP contribution >= 0.6 is 0 Å². The molecule has 2 heterocycles. The predicted molar refractivity (Wildman–Crippen MR) is 98.8 cm³/mol. The van der Waals surface area contributed by atoms with E-state index in [1.807, 2.05) is 26.1 Å². The van der Waals surface area contributed by atoms with Crippen LogP contribution in [0.2, 0.25) is 0 Å². The standard InChI is InChI=1S/C17H22N6OS/c1-5-22(3)16-15(12(2)21-17-19-11-20-23(16)17)10-13-6-8-14(9-7-13)25(4,18)24/h6-9,11,18H,5,10H2,1-4H3. The van der Waals surface area contributed by atoms with Crippen LogP contribution in [0.1, 0.15) is 23.7 Å². The van der Waals surface area contributed by atoms with Crippen LogP contribution in [0.3, 0.4) is 0 Å². The number of hydrogen-bond acceptors (Lipinski definition) is 6. The van der Waals surface area contributed by atoms with Gasteiger partial charge in [-0.1, -0.05) is 12.1 Å². The normalized spacial score (nSPS) is 13.8. The maximum atomic E-state index is 11.8. The summed E-state index contributed by atoms with van der Waals surface area (Å²) in [6.07, 6.45) is 3.62. The van der Waals surface area contributed by atoms with Gasteiger partial charge < -0.3 is 4.90 Å². The average Bonchev–Trinajstić information content (AvgIpc) is 3.02. The predicted octanol–water partition coefficient (Wildman–Crippen LogP) is 2.52. The molecule has 7 nitrogen and oxygen atoms in total. The number of nitrogens with one attached hydrogen (secondary N) is 1. The van der Waals surface area contributed by atoms with E-state index >= 15 is 0 Å². The Bertz CT molecular complexity index is 1010. The summed E-state index contributed by atoms with van der Waals surface area (Å²) in [5.41, 5.74) is 3.07. The van der Waals surface area contributed by atoms with Gasteiger partial charge in [0.1, 0.15) is 12.1 Å². The lowest BCUT2D eigenvalue weighted by Gasteiger charge is -2.22. The SMILES string of the molecule is CCN(C)c1c(Cc2ccc(S(C)(=N)=O)cc2)c(C)nc2ncnn12. The molecule has 1 N–H and O–H groups in total. The fourth-order valence-electron chi connectivity index (χ4n) is 2.79. The number of fused-ring (bicyclic) bond motifs is 1. The number of aryl methyl sites for hydroxylation is 1. The molecule has 25 heavy (non-hydrogen) atoms. The third kappa shape index (κ3) is 3.34. The van der Waals surface area contributed by atoms with Gasteiger partial charge >= 0.3 is 0 Å². The molecule has 0 spiro atoms. The van der Waals surface area contributed by atoms with E-state index in [9.17, 15) is 4.21 Å². The number of benzene rings is 1. The maximum absolute atomic E-state index is 11.8. The fraction of sp³-hybridized carbons (Fsp3) is 0.353. The summed E-state index contributed by atoms with van der Waals surface area (Å²) in [6.45, 7) is 4.90. The fourth-order valence-corrected chi connectivity index (χ4v) is 3.44. The first-order valence-electron chi connectivity index (χ1n) is 8.04. The number of hydrogen-bond donors (Lipinski definition) is 1. The van der Waals surface area contributed by atoms with Crippen LogP contribution in [0.4, 0.5) is 5.82 Å². The summed E-state index contributed by atoms with van der Waals surface area (Å²) in [5, 5.41) is 4.32. The second kappa shape index (κ2) is 6.44. The van der Waals surface area contributed by atoms with Crippen molar-refractivity contribution in [3.8, 4) is 0 Å². The molecule has 1 aromatic carbocycles. The van der Waals surface area contributed by atoms with Crippen molar-refractivity contribution in [1.29, 1.82) is 4.78 Å². The zero-order chi connectivity index (χ0) is 18.2. The molecule has 0 bridgehead atoms.